The maximum Gasteiger partial charge on any atom is 0.0973 e. The molecule has 21 heavy (non-hydrogen) atoms. The zero-order valence-corrected chi connectivity index (χ0v) is 12.5. The van der Waals surface area contributed by atoms with Gasteiger partial charge in [-0.05, 0) is 30.0 Å². The molecule has 0 amide bonds. The van der Waals surface area contributed by atoms with Crippen molar-refractivity contribution in [3.05, 3.63) is 58.9 Å². The van der Waals surface area contributed by atoms with Gasteiger partial charge in [-0.1, -0.05) is 35.9 Å². The van der Waals surface area contributed by atoms with E-state index in [4.69, 9.17) is 16.3 Å². The highest BCUT2D eigenvalue weighted by Crippen LogP contribution is 2.45. The van der Waals surface area contributed by atoms with E-state index in [9.17, 15) is 0 Å². The average Bonchev–Trinajstić information content (AvgIpc) is 2.88. The number of pyridine rings is 1. The maximum atomic E-state index is 6.25. The molecule has 0 atom stereocenters. The molecule has 1 aromatic heterocycles. The van der Waals surface area contributed by atoms with Crippen molar-refractivity contribution in [1.29, 1.82) is 0 Å². The van der Waals surface area contributed by atoms with Gasteiger partial charge in [-0.15, -0.1) is 0 Å². The van der Waals surface area contributed by atoms with Gasteiger partial charge in [0.2, 0.25) is 0 Å². The first-order valence-corrected chi connectivity index (χ1v) is 7.73. The van der Waals surface area contributed by atoms with Gasteiger partial charge in [0.25, 0.3) is 0 Å². The topological polar surface area (TPSA) is 25.4 Å². The normalized spacial score (nSPS) is 19.8. The molecule has 0 N–H and O–H groups in total. The molecule has 0 saturated carbocycles. The predicted octanol–water partition coefficient (Wildman–Crippen LogP) is 3.76. The lowest BCUT2D eigenvalue weighted by Crippen LogP contribution is -2.42. The van der Waals surface area contributed by atoms with Crippen LogP contribution in [0.15, 0.2) is 42.7 Å². The lowest BCUT2D eigenvalue weighted by Gasteiger charge is -2.40. The number of hydrogen-bond acceptors (Lipinski definition) is 3. The molecule has 3 heterocycles. The molecule has 3 nitrogen and oxygen atoms in total. The molecule has 2 aliphatic rings. The third-order valence-corrected chi connectivity index (χ3v) is 4.97. The minimum absolute atomic E-state index is 0.0907. The number of piperidine rings is 1. The summed E-state index contributed by atoms with van der Waals surface area (Å²) in [5.74, 6) is 0. The molecule has 2 aromatic rings. The van der Waals surface area contributed by atoms with Gasteiger partial charge < -0.3 is 9.64 Å². The third-order valence-electron chi connectivity index (χ3n) is 4.68. The van der Waals surface area contributed by atoms with E-state index in [1.807, 2.05) is 6.07 Å². The van der Waals surface area contributed by atoms with Crippen molar-refractivity contribution in [3.8, 4) is 0 Å². The first-order valence-electron chi connectivity index (χ1n) is 7.35. The van der Waals surface area contributed by atoms with Gasteiger partial charge in [-0.25, -0.2) is 0 Å². The van der Waals surface area contributed by atoms with E-state index in [1.165, 1.54) is 11.1 Å². The van der Waals surface area contributed by atoms with Crippen molar-refractivity contribution < 1.29 is 4.74 Å². The molecule has 0 aliphatic carbocycles. The van der Waals surface area contributed by atoms with Crippen LogP contribution in [0.1, 0.15) is 24.0 Å². The van der Waals surface area contributed by atoms with E-state index in [2.05, 4.69) is 34.1 Å². The fraction of sp³-hybridized carbons (Fsp3) is 0.353. The summed E-state index contributed by atoms with van der Waals surface area (Å²) in [7, 11) is 0. The quantitative estimate of drug-likeness (QED) is 0.802. The standard InChI is InChI=1S/C17H17ClN2O/c18-15-11-19-8-5-16(15)20-9-6-17(7-10-20)14-4-2-1-3-13(14)12-21-17/h1-5,8,11H,6-7,9-10,12H2. The van der Waals surface area contributed by atoms with Crippen molar-refractivity contribution in [2.45, 2.75) is 25.0 Å². The molecule has 0 radical (unpaired) electrons. The molecule has 0 bridgehead atoms. The van der Waals surface area contributed by atoms with Crippen LogP contribution in [0.2, 0.25) is 5.02 Å². The summed E-state index contributed by atoms with van der Waals surface area (Å²) in [4.78, 5) is 6.39. The largest absolute Gasteiger partial charge is 0.370 e. The number of aromatic nitrogens is 1. The number of fused-ring (bicyclic) bond motifs is 2. The fourth-order valence-electron chi connectivity index (χ4n) is 3.53. The molecule has 4 rings (SSSR count). The molecule has 0 unspecified atom stereocenters. The lowest BCUT2D eigenvalue weighted by molar-refractivity contribution is -0.0551. The van der Waals surface area contributed by atoms with Crippen LogP contribution in [0.25, 0.3) is 0 Å². The van der Waals surface area contributed by atoms with Gasteiger partial charge in [0.1, 0.15) is 0 Å². The van der Waals surface area contributed by atoms with Crippen molar-refractivity contribution in [2.24, 2.45) is 0 Å². The maximum absolute atomic E-state index is 6.25. The van der Waals surface area contributed by atoms with Gasteiger partial charge in [-0.3, -0.25) is 4.98 Å². The summed E-state index contributed by atoms with van der Waals surface area (Å²) < 4.78 is 6.19. The number of halogens is 1. The first-order chi connectivity index (χ1) is 10.3. The minimum atomic E-state index is -0.0907. The number of hydrogen-bond donors (Lipinski definition) is 0. The molecule has 108 valence electrons. The predicted molar refractivity (Wildman–Crippen MR) is 83.6 cm³/mol. The summed E-state index contributed by atoms with van der Waals surface area (Å²) in [6, 6.07) is 10.6. The highest BCUT2D eigenvalue weighted by molar-refractivity contribution is 6.33. The number of anilines is 1. The minimum Gasteiger partial charge on any atom is -0.370 e. The lowest BCUT2D eigenvalue weighted by atomic mass is 9.83. The summed E-state index contributed by atoms with van der Waals surface area (Å²) in [5, 5.41) is 0.723. The second-order valence-electron chi connectivity index (χ2n) is 5.75. The van der Waals surface area contributed by atoms with Crippen molar-refractivity contribution >= 4 is 17.3 Å². The zero-order chi connectivity index (χ0) is 14.3. The molecule has 2 aliphatic heterocycles. The van der Waals surface area contributed by atoms with Crippen LogP contribution < -0.4 is 4.90 Å². The van der Waals surface area contributed by atoms with E-state index in [0.717, 1.165) is 43.2 Å². The molecule has 1 spiro atoms. The Kier molecular flexibility index (Phi) is 3.12. The van der Waals surface area contributed by atoms with E-state index in [1.54, 1.807) is 12.4 Å². The Morgan fingerprint density at radius 3 is 2.76 bits per heavy atom. The molecule has 1 fully saturated rings. The summed E-state index contributed by atoms with van der Waals surface area (Å²) in [6.07, 6.45) is 5.51. The van der Waals surface area contributed by atoms with Gasteiger partial charge in [0.05, 0.1) is 22.9 Å². The first kappa shape index (κ1) is 13.1. The fourth-order valence-corrected chi connectivity index (χ4v) is 3.77. The number of ether oxygens (including phenoxy) is 1. The summed E-state index contributed by atoms with van der Waals surface area (Å²) >= 11 is 6.25. The SMILES string of the molecule is Clc1cnccc1N1CCC2(CC1)OCc1ccccc12. The van der Waals surface area contributed by atoms with Crippen LogP contribution in [-0.2, 0) is 16.9 Å². The highest BCUT2D eigenvalue weighted by atomic mass is 35.5. The molecule has 4 heteroatoms. The van der Waals surface area contributed by atoms with Gasteiger partial charge in [0, 0.05) is 25.5 Å². The van der Waals surface area contributed by atoms with Crippen molar-refractivity contribution in [3.63, 3.8) is 0 Å². The Hall–Kier alpha value is -1.58. The number of rotatable bonds is 1. The highest BCUT2D eigenvalue weighted by Gasteiger charge is 2.42. The van der Waals surface area contributed by atoms with Gasteiger partial charge in [-0.2, -0.15) is 0 Å². The Morgan fingerprint density at radius 2 is 1.95 bits per heavy atom. The monoisotopic (exact) mass is 300 g/mol. The van der Waals surface area contributed by atoms with Crippen molar-refractivity contribution in [2.75, 3.05) is 18.0 Å². The number of benzene rings is 1. The third kappa shape index (κ3) is 2.12. The zero-order valence-electron chi connectivity index (χ0n) is 11.8. The van der Waals surface area contributed by atoms with Crippen LogP contribution in [0, 0.1) is 0 Å². The second-order valence-corrected chi connectivity index (χ2v) is 6.16. The molecule has 1 aromatic carbocycles. The van der Waals surface area contributed by atoms with Crippen LogP contribution >= 0.6 is 11.6 Å². The summed E-state index contributed by atoms with van der Waals surface area (Å²) in [6.45, 7) is 2.66. The van der Waals surface area contributed by atoms with Crippen LogP contribution in [0.4, 0.5) is 5.69 Å². The van der Waals surface area contributed by atoms with Gasteiger partial charge >= 0.3 is 0 Å². The average molecular weight is 301 g/mol. The van der Waals surface area contributed by atoms with E-state index >= 15 is 0 Å². The van der Waals surface area contributed by atoms with E-state index in [-0.39, 0.29) is 5.60 Å². The van der Waals surface area contributed by atoms with E-state index < -0.39 is 0 Å². The second kappa shape index (κ2) is 5.00. The Balaban J connectivity index is 1.57. The Labute approximate surface area is 129 Å². The smallest absolute Gasteiger partial charge is 0.0973 e. The molecular formula is C17H17ClN2O. The van der Waals surface area contributed by atoms with Crippen LogP contribution in [0.3, 0.4) is 0 Å². The van der Waals surface area contributed by atoms with E-state index in [0.29, 0.717) is 0 Å². The van der Waals surface area contributed by atoms with Crippen LogP contribution in [-0.4, -0.2) is 18.1 Å². The van der Waals surface area contributed by atoms with Crippen molar-refractivity contribution in [1.82, 2.24) is 4.98 Å². The summed E-state index contributed by atoms with van der Waals surface area (Å²) in [5.41, 5.74) is 3.71. The van der Waals surface area contributed by atoms with Crippen LogP contribution in [0.5, 0.6) is 0 Å². The Morgan fingerprint density at radius 1 is 1.14 bits per heavy atom. The van der Waals surface area contributed by atoms with Gasteiger partial charge in [0.15, 0.2) is 0 Å². The Bertz CT molecular complexity index is 665. The molecule has 1 saturated heterocycles. The number of nitrogens with zero attached hydrogens (tertiary/aromatic N) is 2. The molecular weight excluding hydrogens is 284 g/mol.